The van der Waals surface area contributed by atoms with Crippen molar-refractivity contribution in [3.05, 3.63) is 41.4 Å². The Labute approximate surface area is 137 Å². The molecule has 23 heavy (non-hydrogen) atoms. The van der Waals surface area contributed by atoms with Crippen molar-refractivity contribution in [1.29, 1.82) is 0 Å². The van der Waals surface area contributed by atoms with Gasteiger partial charge in [-0.25, -0.2) is 4.98 Å². The molecule has 4 heterocycles. The molecule has 0 saturated carbocycles. The van der Waals surface area contributed by atoms with Crippen LogP contribution in [0.4, 0.5) is 5.82 Å². The van der Waals surface area contributed by atoms with Crippen LogP contribution < -0.4 is 5.32 Å². The minimum Gasteiger partial charge on any atom is -0.368 e. The van der Waals surface area contributed by atoms with Crippen LogP contribution in [0.1, 0.15) is 18.4 Å². The van der Waals surface area contributed by atoms with Crippen LogP contribution in [0.2, 0.25) is 0 Å². The molecule has 1 saturated heterocycles. The highest BCUT2D eigenvalue weighted by Gasteiger charge is 2.26. The highest BCUT2D eigenvalue weighted by Crippen LogP contribution is 2.32. The van der Waals surface area contributed by atoms with E-state index < -0.39 is 0 Å². The summed E-state index contributed by atoms with van der Waals surface area (Å²) in [6, 6.07) is 8.02. The lowest BCUT2D eigenvalue weighted by Gasteiger charge is -2.11. The van der Waals surface area contributed by atoms with E-state index in [1.165, 1.54) is 0 Å². The van der Waals surface area contributed by atoms with Crippen LogP contribution in [-0.4, -0.2) is 28.0 Å². The Hall–Kier alpha value is -2.18. The first-order valence-corrected chi connectivity index (χ1v) is 8.55. The minimum absolute atomic E-state index is 0.0947. The number of hydrogen-bond acceptors (Lipinski definition) is 4. The summed E-state index contributed by atoms with van der Waals surface area (Å²) in [7, 11) is 0. The number of thiophene rings is 1. The lowest BCUT2D eigenvalue weighted by Crippen LogP contribution is -2.27. The van der Waals surface area contributed by atoms with E-state index in [1.54, 1.807) is 11.3 Å². The van der Waals surface area contributed by atoms with Gasteiger partial charge in [-0.3, -0.25) is 9.20 Å². The third-order valence-electron chi connectivity index (χ3n) is 4.00. The van der Waals surface area contributed by atoms with Crippen molar-refractivity contribution >= 4 is 28.7 Å². The molecule has 1 N–H and O–H groups in total. The average molecular weight is 327 g/mol. The van der Waals surface area contributed by atoms with E-state index in [0.29, 0.717) is 12.4 Å². The van der Waals surface area contributed by atoms with Gasteiger partial charge in [0.15, 0.2) is 0 Å². The van der Waals surface area contributed by atoms with Gasteiger partial charge in [-0.1, -0.05) is 6.07 Å². The van der Waals surface area contributed by atoms with Gasteiger partial charge in [0.25, 0.3) is 5.91 Å². The lowest BCUT2D eigenvalue weighted by atomic mass is 10.2. The summed E-state index contributed by atoms with van der Waals surface area (Å²) in [6.07, 6.45) is 3.29. The smallest absolute Gasteiger partial charge is 0.254 e. The molecule has 1 fully saturated rings. The second-order valence-corrected chi connectivity index (χ2v) is 6.66. The number of anilines is 1. The molecule has 1 aliphatic heterocycles. The SMILES string of the molecule is Cc1ccn2c(NC(=O)C3CCCO3)c(-c3cccs3)nc2c1. The number of aromatic nitrogens is 2. The fraction of sp³-hybridized carbons (Fsp3) is 0.294. The van der Waals surface area contributed by atoms with Crippen molar-refractivity contribution in [2.75, 3.05) is 11.9 Å². The van der Waals surface area contributed by atoms with E-state index in [0.717, 1.165) is 34.6 Å². The van der Waals surface area contributed by atoms with Crippen LogP contribution >= 0.6 is 11.3 Å². The van der Waals surface area contributed by atoms with Crippen LogP contribution in [0.3, 0.4) is 0 Å². The third kappa shape index (κ3) is 2.64. The van der Waals surface area contributed by atoms with Gasteiger partial charge in [0.1, 0.15) is 23.3 Å². The molecule has 0 aromatic carbocycles. The largest absolute Gasteiger partial charge is 0.368 e. The second-order valence-electron chi connectivity index (χ2n) is 5.71. The number of rotatable bonds is 3. The van der Waals surface area contributed by atoms with Gasteiger partial charge in [-0.05, 0) is 48.9 Å². The summed E-state index contributed by atoms with van der Waals surface area (Å²) < 4.78 is 7.41. The molecule has 0 radical (unpaired) electrons. The zero-order valence-electron chi connectivity index (χ0n) is 12.8. The number of ether oxygens (including phenoxy) is 1. The molecular formula is C17H17N3O2S. The number of carbonyl (C=O) groups excluding carboxylic acids is 1. The summed E-state index contributed by atoms with van der Waals surface area (Å²) in [5.74, 6) is 0.616. The third-order valence-corrected chi connectivity index (χ3v) is 4.88. The second kappa shape index (κ2) is 5.79. The number of aryl methyl sites for hydroxylation is 1. The van der Waals surface area contributed by atoms with Crippen molar-refractivity contribution in [2.24, 2.45) is 0 Å². The molecule has 4 rings (SSSR count). The zero-order chi connectivity index (χ0) is 15.8. The number of imidazole rings is 1. The fourth-order valence-corrected chi connectivity index (χ4v) is 3.55. The Balaban J connectivity index is 1.79. The van der Waals surface area contributed by atoms with Crippen LogP contribution in [0, 0.1) is 6.92 Å². The predicted molar refractivity (Wildman–Crippen MR) is 90.8 cm³/mol. The Morgan fingerprint density at radius 1 is 1.48 bits per heavy atom. The summed E-state index contributed by atoms with van der Waals surface area (Å²) >= 11 is 1.61. The lowest BCUT2D eigenvalue weighted by molar-refractivity contribution is -0.124. The van der Waals surface area contributed by atoms with Crippen LogP contribution in [0.25, 0.3) is 16.2 Å². The standard InChI is InChI=1S/C17H17N3O2S/c1-11-6-7-20-14(10-11)18-15(13-5-3-9-23-13)16(20)19-17(21)12-4-2-8-22-12/h3,5-7,9-10,12H,2,4,8H2,1H3,(H,19,21). The molecule has 1 unspecified atom stereocenters. The first kappa shape index (κ1) is 14.4. The number of carbonyl (C=O) groups is 1. The van der Waals surface area contributed by atoms with Crippen molar-refractivity contribution in [3.8, 4) is 10.6 Å². The maximum absolute atomic E-state index is 12.5. The highest BCUT2D eigenvalue weighted by atomic mass is 32.1. The van der Waals surface area contributed by atoms with Crippen LogP contribution in [0.5, 0.6) is 0 Å². The quantitative estimate of drug-likeness (QED) is 0.801. The van der Waals surface area contributed by atoms with Gasteiger partial charge in [0.05, 0.1) is 4.88 Å². The van der Waals surface area contributed by atoms with Crippen molar-refractivity contribution in [2.45, 2.75) is 25.9 Å². The molecule has 1 aliphatic rings. The molecular weight excluding hydrogens is 310 g/mol. The fourth-order valence-electron chi connectivity index (χ4n) is 2.83. The molecule has 1 atom stereocenters. The molecule has 3 aromatic heterocycles. The molecule has 0 aliphatic carbocycles. The topological polar surface area (TPSA) is 55.6 Å². The molecule has 0 bridgehead atoms. The maximum atomic E-state index is 12.5. The number of fused-ring (bicyclic) bond motifs is 1. The van der Waals surface area contributed by atoms with Gasteiger partial charge in [0.2, 0.25) is 0 Å². The van der Waals surface area contributed by atoms with Crippen molar-refractivity contribution in [3.63, 3.8) is 0 Å². The van der Waals surface area contributed by atoms with Gasteiger partial charge in [0, 0.05) is 12.8 Å². The predicted octanol–water partition coefficient (Wildman–Crippen LogP) is 3.49. The number of hydrogen-bond donors (Lipinski definition) is 1. The first-order valence-electron chi connectivity index (χ1n) is 7.67. The normalized spacial score (nSPS) is 17.7. The Morgan fingerprint density at radius 2 is 2.39 bits per heavy atom. The molecule has 6 heteroatoms. The number of nitrogens with zero attached hydrogens (tertiary/aromatic N) is 2. The van der Waals surface area contributed by atoms with E-state index >= 15 is 0 Å². The van der Waals surface area contributed by atoms with Gasteiger partial charge in [-0.2, -0.15) is 0 Å². The van der Waals surface area contributed by atoms with Crippen LogP contribution in [0.15, 0.2) is 35.8 Å². The Bertz CT molecular complexity index is 848. The first-order chi connectivity index (χ1) is 11.2. The van der Waals surface area contributed by atoms with Gasteiger partial charge in [-0.15, -0.1) is 11.3 Å². The molecule has 0 spiro atoms. The van der Waals surface area contributed by atoms with E-state index in [-0.39, 0.29) is 12.0 Å². The summed E-state index contributed by atoms with van der Waals surface area (Å²) in [4.78, 5) is 18.2. The molecule has 3 aromatic rings. The Morgan fingerprint density at radius 3 is 3.13 bits per heavy atom. The molecule has 5 nitrogen and oxygen atoms in total. The van der Waals surface area contributed by atoms with Gasteiger partial charge < -0.3 is 10.1 Å². The molecule has 118 valence electrons. The summed E-state index contributed by atoms with van der Waals surface area (Å²) in [6.45, 7) is 2.69. The van der Waals surface area contributed by atoms with E-state index in [1.807, 2.05) is 47.2 Å². The van der Waals surface area contributed by atoms with Crippen molar-refractivity contribution in [1.82, 2.24) is 9.38 Å². The zero-order valence-corrected chi connectivity index (χ0v) is 13.6. The maximum Gasteiger partial charge on any atom is 0.254 e. The Kier molecular flexibility index (Phi) is 3.63. The number of amides is 1. The minimum atomic E-state index is -0.359. The van der Waals surface area contributed by atoms with Gasteiger partial charge >= 0.3 is 0 Å². The number of nitrogens with one attached hydrogen (secondary N) is 1. The van der Waals surface area contributed by atoms with E-state index in [9.17, 15) is 4.79 Å². The summed E-state index contributed by atoms with van der Waals surface area (Å²) in [5.41, 5.74) is 2.77. The monoisotopic (exact) mass is 327 g/mol. The average Bonchev–Trinajstić information content (AvgIpc) is 3.28. The number of pyridine rings is 1. The van der Waals surface area contributed by atoms with E-state index in [4.69, 9.17) is 9.72 Å². The van der Waals surface area contributed by atoms with Crippen LogP contribution in [-0.2, 0) is 9.53 Å². The summed E-state index contributed by atoms with van der Waals surface area (Å²) in [5, 5.41) is 5.04. The molecule has 1 amide bonds. The van der Waals surface area contributed by atoms with E-state index in [2.05, 4.69) is 5.32 Å². The van der Waals surface area contributed by atoms with Crippen molar-refractivity contribution < 1.29 is 9.53 Å². The highest BCUT2D eigenvalue weighted by molar-refractivity contribution is 7.13.